The van der Waals surface area contributed by atoms with Gasteiger partial charge in [-0.1, -0.05) is 12.1 Å². The van der Waals surface area contributed by atoms with Gasteiger partial charge in [-0.2, -0.15) is 20.1 Å². The van der Waals surface area contributed by atoms with Crippen molar-refractivity contribution in [1.82, 2.24) is 15.0 Å². The van der Waals surface area contributed by atoms with Crippen LogP contribution in [0.4, 0.5) is 23.5 Å². The molecule has 0 amide bonds. The maximum absolute atomic E-state index is 5.47. The Morgan fingerprint density at radius 3 is 2.47 bits per heavy atom. The first-order chi connectivity index (χ1) is 16.6. The highest BCUT2D eigenvalue weighted by Crippen LogP contribution is 2.27. The second kappa shape index (κ2) is 10.8. The molecule has 178 valence electrons. The van der Waals surface area contributed by atoms with Crippen LogP contribution in [-0.4, -0.2) is 61.7 Å². The molecule has 1 aliphatic heterocycles. The summed E-state index contributed by atoms with van der Waals surface area (Å²) in [6.07, 6.45) is 1.66. The molecule has 2 aromatic carbocycles. The normalized spacial score (nSPS) is 13.7. The second-order valence-corrected chi connectivity index (χ2v) is 7.81. The minimum Gasteiger partial charge on any atom is -0.493 e. The third kappa shape index (κ3) is 5.70. The molecule has 1 saturated heterocycles. The minimum absolute atomic E-state index is 0.334. The molecule has 3 aromatic rings. The maximum atomic E-state index is 5.47. The Labute approximate surface area is 199 Å². The van der Waals surface area contributed by atoms with Crippen molar-refractivity contribution >= 4 is 29.7 Å². The van der Waals surface area contributed by atoms with Crippen LogP contribution in [-0.2, 0) is 4.74 Å². The SMILES string of the molecule is COc1ccc(/C=N/Nc2nc(Nc3cc(C)ccc3C)nc(N3CCOCC3)n2)cc1OC. The predicted molar refractivity (Wildman–Crippen MR) is 133 cm³/mol. The van der Waals surface area contributed by atoms with E-state index in [1.165, 1.54) is 0 Å². The zero-order valence-electron chi connectivity index (χ0n) is 19.8. The Bertz CT molecular complexity index is 1160. The Balaban J connectivity index is 1.58. The lowest BCUT2D eigenvalue weighted by Gasteiger charge is -2.27. The van der Waals surface area contributed by atoms with E-state index in [4.69, 9.17) is 14.2 Å². The predicted octanol–water partition coefficient (Wildman–Crippen LogP) is 3.53. The van der Waals surface area contributed by atoms with E-state index in [-0.39, 0.29) is 0 Å². The average molecular weight is 464 g/mol. The van der Waals surface area contributed by atoms with E-state index in [2.05, 4.69) is 53.9 Å². The molecule has 0 saturated carbocycles. The summed E-state index contributed by atoms with van der Waals surface area (Å²) in [7, 11) is 3.20. The monoisotopic (exact) mass is 463 g/mol. The second-order valence-electron chi connectivity index (χ2n) is 7.81. The molecular weight excluding hydrogens is 434 g/mol. The molecule has 1 aliphatic rings. The fourth-order valence-corrected chi connectivity index (χ4v) is 3.46. The molecule has 10 heteroatoms. The number of anilines is 4. The highest BCUT2D eigenvalue weighted by Gasteiger charge is 2.17. The van der Waals surface area contributed by atoms with Crippen LogP contribution >= 0.6 is 0 Å². The molecule has 2 N–H and O–H groups in total. The van der Waals surface area contributed by atoms with Crippen molar-refractivity contribution in [2.45, 2.75) is 13.8 Å². The van der Waals surface area contributed by atoms with Crippen molar-refractivity contribution in [2.24, 2.45) is 5.10 Å². The summed E-state index contributed by atoms with van der Waals surface area (Å²) in [6, 6.07) is 11.7. The van der Waals surface area contributed by atoms with Gasteiger partial charge in [0.15, 0.2) is 11.5 Å². The van der Waals surface area contributed by atoms with E-state index in [1.54, 1.807) is 20.4 Å². The standard InChI is InChI=1S/C24H29N7O3/c1-16-5-6-17(2)19(13-16)26-22-27-23(29-24(28-22)31-9-11-34-12-10-31)30-25-15-18-7-8-20(32-3)21(14-18)33-4/h5-8,13-15H,9-12H2,1-4H3,(H2,26,27,28,29,30)/b25-15+. The number of morpholine rings is 1. The van der Waals surface area contributed by atoms with Crippen molar-refractivity contribution in [1.29, 1.82) is 0 Å². The summed E-state index contributed by atoms with van der Waals surface area (Å²) in [5, 5.41) is 7.64. The molecule has 1 fully saturated rings. The number of hydrogen-bond donors (Lipinski definition) is 2. The average Bonchev–Trinajstić information content (AvgIpc) is 2.86. The van der Waals surface area contributed by atoms with E-state index in [1.807, 2.05) is 32.0 Å². The lowest BCUT2D eigenvalue weighted by Crippen LogP contribution is -2.37. The number of ether oxygens (including phenoxy) is 3. The Hall–Kier alpha value is -3.92. The first-order valence-corrected chi connectivity index (χ1v) is 11.0. The van der Waals surface area contributed by atoms with Crippen LogP contribution in [0.15, 0.2) is 41.5 Å². The molecule has 1 aromatic heterocycles. The van der Waals surface area contributed by atoms with Crippen LogP contribution in [0.2, 0.25) is 0 Å². The molecule has 10 nitrogen and oxygen atoms in total. The van der Waals surface area contributed by atoms with Crippen molar-refractivity contribution in [2.75, 3.05) is 56.2 Å². The largest absolute Gasteiger partial charge is 0.493 e. The van der Waals surface area contributed by atoms with Gasteiger partial charge in [0.2, 0.25) is 17.8 Å². The highest BCUT2D eigenvalue weighted by atomic mass is 16.5. The van der Waals surface area contributed by atoms with Crippen LogP contribution in [0.3, 0.4) is 0 Å². The van der Waals surface area contributed by atoms with Crippen LogP contribution in [0, 0.1) is 13.8 Å². The van der Waals surface area contributed by atoms with Gasteiger partial charge in [-0.3, -0.25) is 0 Å². The van der Waals surface area contributed by atoms with Crippen molar-refractivity contribution in [3.8, 4) is 11.5 Å². The first kappa shape index (κ1) is 23.2. The summed E-state index contributed by atoms with van der Waals surface area (Å²) >= 11 is 0. The third-order valence-electron chi connectivity index (χ3n) is 5.34. The summed E-state index contributed by atoms with van der Waals surface area (Å²) < 4.78 is 16.1. The third-order valence-corrected chi connectivity index (χ3v) is 5.34. The first-order valence-electron chi connectivity index (χ1n) is 11.0. The van der Waals surface area contributed by atoms with Crippen LogP contribution in [0.25, 0.3) is 0 Å². The number of aryl methyl sites for hydroxylation is 2. The number of hydrazone groups is 1. The van der Waals surface area contributed by atoms with Crippen LogP contribution in [0.1, 0.15) is 16.7 Å². The number of nitrogens with zero attached hydrogens (tertiary/aromatic N) is 5. The zero-order valence-corrected chi connectivity index (χ0v) is 19.8. The number of rotatable bonds is 8. The zero-order chi connectivity index (χ0) is 23.9. The van der Waals surface area contributed by atoms with E-state index in [0.29, 0.717) is 55.6 Å². The lowest BCUT2D eigenvalue weighted by molar-refractivity contribution is 0.122. The smallest absolute Gasteiger partial charge is 0.250 e. The number of benzene rings is 2. The molecule has 0 radical (unpaired) electrons. The summed E-state index contributed by atoms with van der Waals surface area (Å²) in [6.45, 7) is 6.77. The number of methoxy groups -OCH3 is 2. The molecule has 0 unspecified atom stereocenters. The summed E-state index contributed by atoms with van der Waals surface area (Å²) in [5.74, 6) is 2.62. The van der Waals surface area contributed by atoms with E-state index >= 15 is 0 Å². The molecule has 0 bridgehead atoms. The van der Waals surface area contributed by atoms with Gasteiger partial charge in [-0.25, -0.2) is 5.43 Å². The fraction of sp³-hybridized carbons (Fsp3) is 0.333. The van der Waals surface area contributed by atoms with Crippen molar-refractivity contribution in [3.05, 3.63) is 53.1 Å². The molecule has 4 rings (SSSR count). The van der Waals surface area contributed by atoms with Gasteiger partial charge >= 0.3 is 0 Å². The van der Waals surface area contributed by atoms with Gasteiger partial charge in [-0.05, 0) is 54.8 Å². The minimum atomic E-state index is 0.334. The molecule has 0 spiro atoms. The Kier molecular flexibility index (Phi) is 7.38. The quantitative estimate of drug-likeness (QED) is 0.383. The molecule has 2 heterocycles. The molecule has 0 aliphatic carbocycles. The van der Waals surface area contributed by atoms with Gasteiger partial charge < -0.3 is 24.4 Å². The number of hydrogen-bond acceptors (Lipinski definition) is 10. The summed E-state index contributed by atoms with van der Waals surface area (Å²) in [5.41, 5.74) is 6.95. The van der Waals surface area contributed by atoms with Crippen molar-refractivity contribution in [3.63, 3.8) is 0 Å². The molecule has 0 atom stereocenters. The van der Waals surface area contributed by atoms with Gasteiger partial charge in [0.05, 0.1) is 33.6 Å². The topological polar surface area (TPSA) is 106 Å². The Morgan fingerprint density at radius 2 is 1.71 bits per heavy atom. The highest BCUT2D eigenvalue weighted by molar-refractivity contribution is 5.81. The van der Waals surface area contributed by atoms with E-state index in [0.717, 1.165) is 22.4 Å². The van der Waals surface area contributed by atoms with Crippen molar-refractivity contribution < 1.29 is 14.2 Å². The molecular formula is C24H29N7O3. The van der Waals surface area contributed by atoms with Gasteiger partial charge in [0.1, 0.15) is 0 Å². The van der Waals surface area contributed by atoms with E-state index < -0.39 is 0 Å². The summed E-state index contributed by atoms with van der Waals surface area (Å²) in [4.78, 5) is 15.8. The molecule has 34 heavy (non-hydrogen) atoms. The fourth-order valence-electron chi connectivity index (χ4n) is 3.46. The number of aromatic nitrogens is 3. The van der Waals surface area contributed by atoms with Gasteiger partial charge in [-0.15, -0.1) is 0 Å². The van der Waals surface area contributed by atoms with Crippen LogP contribution in [0.5, 0.6) is 11.5 Å². The lowest BCUT2D eigenvalue weighted by atomic mass is 10.1. The van der Waals surface area contributed by atoms with Crippen LogP contribution < -0.4 is 25.1 Å². The van der Waals surface area contributed by atoms with Gasteiger partial charge in [0, 0.05) is 18.8 Å². The maximum Gasteiger partial charge on any atom is 0.250 e. The Morgan fingerprint density at radius 1 is 0.941 bits per heavy atom. The van der Waals surface area contributed by atoms with E-state index in [9.17, 15) is 0 Å². The van der Waals surface area contributed by atoms with Gasteiger partial charge in [0.25, 0.3) is 0 Å². The number of nitrogens with one attached hydrogen (secondary N) is 2.